The second kappa shape index (κ2) is 16.7. The van der Waals surface area contributed by atoms with E-state index in [1.165, 1.54) is 56.7 Å². The zero-order valence-corrected chi connectivity index (χ0v) is 26.0. The predicted octanol–water partition coefficient (Wildman–Crippen LogP) is 7.47. The van der Waals surface area contributed by atoms with Crippen LogP contribution in [0.15, 0.2) is 71.8 Å². The van der Waals surface area contributed by atoms with Gasteiger partial charge in [-0.15, -0.1) is 36.4 Å². The molecule has 0 aliphatic heterocycles. The van der Waals surface area contributed by atoms with E-state index in [1.54, 1.807) is 21.6 Å². The van der Waals surface area contributed by atoms with Gasteiger partial charge in [0.2, 0.25) is 0 Å². The standard InChI is InChI=1S/2C13H13.2CH3.ClH.GeH2.Zr/c2*1-10-6-8-12(9-7-10)13-5-3-4-11(13)2;;;;;/h2*5-9H,3H2,1-2H3;2*1H3;1H;1H2;/q4*-1;;;. The quantitative estimate of drug-likeness (QED) is 0.260. The maximum absolute atomic E-state index is 3.31. The van der Waals surface area contributed by atoms with Gasteiger partial charge in [-0.05, 0) is 13.8 Å². The van der Waals surface area contributed by atoms with Crippen molar-refractivity contribution in [1.29, 1.82) is 0 Å². The summed E-state index contributed by atoms with van der Waals surface area (Å²) in [5.74, 6) is 0. The molecular weight excluding hydrogens is 536 g/mol. The van der Waals surface area contributed by atoms with E-state index in [4.69, 9.17) is 0 Å². The summed E-state index contributed by atoms with van der Waals surface area (Å²) >= 11 is 3.14. The van der Waals surface area contributed by atoms with Crippen LogP contribution in [0, 0.1) is 40.9 Å². The molecule has 0 radical (unpaired) electrons. The fourth-order valence-corrected chi connectivity index (χ4v) is 3.24. The SMILES string of the molecule is CC1=[C-]CC=C1c1ccc(C)cc1.CC1=[C-]CC=C1c1ccc(C)cc1.Cl.[CH3-].[CH3-].[GeH2]=[Zr]. The molecule has 0 saturated carbocycles. The average molecular weight is 571 g/mol. The van der Waals surface area contributed by atoms with Crippen LogP contribution in [0.4, 0.5) is 0 Å². The number of hydrogen-bond acceptors (Lipinski definition) is 0. The summed E-state index contributed by atoms with van der Waals surface area (Å²) in [5.41, 5.74) is 10.5. The molecule has 0 N–H and O–H groups in total. The second-order valence-electron chi connectivity index (χ2n) is 6.98. The summed E-state index contributed by atoms with van der Waals surface area (Å²) in [4.78, 5) is 0. The minimum atomic E-state index is 0. The third-order valence-electron chi connectivity index (χ3n) is 4.88. The third-order valence-corrected chi connectivity index (χ3v) is 4.88. The van der Waals surface area contributed by atoms with Crippen molar-refractivity contribution in [2.24, 2.45) is 0 Å². The van der Waals surface area contributed by atoms with Gasteiger partial charge in [0.05, 0.1) is 0 Å². The van der Waals surface area contributed by atoms with Crippen molar-refractivity contribution in [3.8, 4) is 0 Å². The number of halogens is 1. The molecule has 2 aromatic carbocycles. The molecule has 0 heterocycles. The predicted molar refractivity (Wildman–Crippen MR) is 141 cm³/mol. The number of aryl methyl sites for hydroxylation is 2. The molecule has 2 aliphatic rings. The van der Waals surface area contributed by atoms with Gasteiger partial charge in [-0.3, -0.25) is 12.2 Å². The van der Waals surface area contributed by atoms with Crippen LogP contribution in [0.2, 0.25) is 0 Å². The van der Waals surface area contributed by atoms with Crippen LogP contribution < -0.4 is 0 Å². The van der Waals surface area contributed by atoms with Gasteiger partial charge in [0.15, 0.2) is 0 Å². The molecule has 2 aromatic rings. The van der Waals surface area contributed by atoms with E-state index in [0.29, 0.717) is 0 Å². The van der Waals surface area contributed by atoms with Crippen LogP contribution in [0.5, 0.6) is 0 Å². The first-order valence-corrected chi connectivity index (χ1v) is 20.1. The minimum absolute atomic E-state index is 0. The van der Waals surface area contributed by atoms with Crippen LogP contribution in [0.25, 0.3) is 11.1 Å². The number of hydrogen-bond donors (Lipinski definition) is 0. The van der Waals surface area contributed by atoms with Crippen molar-refractivity contribution < 1.29 is 21.6 Å². The topological polar surface area (TPSA) is 0 Å². The van der Waals surface area contributed by atoms with E-state index >= 15 is 0 Å². The molecule has 0 amide bonds. The van der Waals surface area contributed by atoms with Crippen molar-refractivity contribution in [2.45, 2.75) is 40.5 Å². The molecule has 4 rings (SSSR count). The summed E-state index contributed by atoms with van der Waals surface area (Å²) in [7, 11) is 0. The fourth-order valence-electron chi connectivity index (χ4n) is 3.24. The third kappa shape index (κ3) is 9.64. The van der Waals surface area contributed by atoms with E-state index in [9.17, 15) is 0 Å². The first kappa shape index (κ1) is 32.3. The monoisotopic (exact) mass is 570 g/mol. The van der Waals surface area contributed by atoms with E-state index < -0.39 is 0 Å². The van der Waals surface area contributed by atoms with Crippen LogP contribution in [0.1, 0.15) is 48.9 Å². The average Bonchev–Trinajstić information content (AvgIpc) is 3.34. The Balaban J connectivity index is 0. The molecule has 0 fully saturated rings. The zero-order chi connectivity index (χ0) is 20.5. The molecule has 3 heteroatoms. The van der Waals surface area contributed by atoms with Crippen molar-refractivity contribution in [2.75, 3.05) is 0 Å². The zero-order valence-electron chi connectivity index (χ0n) is 19.8. The molecule has 0 spiro atoms. The van der Waals surface area contributed by atoms with Crippen molar-refractivity contribution in [3.63, 3.8) is 0 Å². The Morgan fingerprint density at radius 1 is 0.613 bits per heavy atom. The van der Waals surface area contributed by atoms with Crippen molar-refractivity contribution in [1.82, 2.24) is 0 Å². The Bertz CT molecular complexity index is 839. The van der Waals surface area contributed by atoms with E-state index in [-0.39, 0.29) is 27.3 Å². The van der Waals surface area contributed by atoms with Gasteiger partial charge >= 0.3 is 33.7 Å². The molecule has 2 aliphatic carbocycles. The number of allylic oxidation sites excluding steroid dienone is 8. The Labute approximate surface area is 217 Å². The number of rotatable bonds is 2. The molecule has 0 nitrogen and oxygen atoms in total. The van der Waals surface area contributed by atoms with Crippen LogP contribution in [-0.2, 0) is 21.6 Å². The van der Waals surface area contributed by atoms with Gasteiger partial charge in [0, 0.05) is 0 Å². The molecule has 0 aromatic heterocycles. The van der Waals surface area contributed by atoms with Gasteiger partial charge in [-0.2, -0.15) is 23.3 Å². The van der Waals surface area contributed by atoms with Crippen LogP contribution >= 0.6 is 12.4 Å². The van der Waals surface area contributed by atoms with Crippen LogP contribution in [0.3, 0.4) is 0 Å². The van der Waals surface area contributed by atoms with Gasteiger partial charge in [-0.25, -0.2) is 11.1 Å². The molecule has 0 unspecified atom stereocenters. The first-order chi connectivity index (χ1) is 13.5. The molecular formula is C28H35ClGeZr-4. The summed E-state index contributed by atoms with van der Waals surface area (Å²) in [6.07, 6.45) is 13.0. The Morgan fingerprint density at radius 2 is 0.903 bits per heavy atom. The number of benzene rings is 2. The van der Waals surface area contributed by atoms with E-state index in [2.05, 4.69) is 101 Å². The second-order valence-corrected chi connectivity index (χ2v) is 6.98. The maximum atomic E-state index is 3.31. The fraction of sp³-hybridized carbons (Fsp3) is 0.214. The van der Waals surface area contributed by atoms with E-state index in [1.807, 2.05) is 0 Å². The van der Waals surface area contributed by atoms with Gasteiger partial charge in [-0.1, -0.05) is 73.5 Å². The summed E-state index contributed by atoms with van der Waals surface area (Å²) in [6.45, 7) is 8.47. The van der Waals surface area contributed by atoms with Crippen molar-refractivity contribution in [3.05, 3.63) is 121 Å². The summed E-state index contributed by atoms with van der Waals surface area (Å²) in [5, 5.41) is 0. The Morgan fingerprint density at radius 3 is 1.13 bits per heavy atom. The first-order valence-electron chi connectivity index (χ1n) is 9.60. The van der Waals surface area contributed by atoms with Crippen LogP contribution in [-0.4, -0.2) is 12.1 Å². The molecule has 166 valence electrons. The Hall–Kier alpha value is -0.884. The van der Waals surface area contributed by atoms with Gasteiger partial charge in [0.25, 0.3) is 0 Å². The molecule has 0 atom stereocenters. The van der Waals surface area contributed by atoms with Gasteiger partial charge < -0.3 is 14.9 Å². The van der Waals surface area contributed by atoms with Gasteiger partial charge in [0.1, 0.15) is 0 Å². The Kier molecular flexibility index (Phi) is 17.4. The normalized spacial score (nSPS) is 13.1. The van der Waals surface area contributed by atoms with E-state index in [0.717, 1.165) is 12.8 Å². The van der Waals surface area contributed by atoms with Crippen molar-refractivity contribution >= 4 is 35.7 Å². The summed E-state index contributed by atoms with van der Waals surface area (Å²) in [6, 6.07) is 17.3. The molecule has 0 bridgehead atoms. The molecule has 31 heavy (non-hydrogen) atoms. The molecule has 0 saturated heterocycles. The summed E-state index contributed by atoms with van der Waals surface area (Å²) < 4.78 is 0.